The standard InChI is InChI=1S/C10H20N4/c1-13(2)7-8-14-6-5-12-9-10(14)3-4-11/h10,12H,3,5-9H2,1-2H3. The van der Waals surface area contributed by atoms with E-state index in [1.54, 1.807) is 0 Å². The van der Waals surface area contributed by atoms with Gasteiger partial charge in [-0.15, -0.1) is 0 Å². The maximum Gasteiger partial charge on any atom is 0.0638 e. The Balaban J connectivity index is 2.34. The highest BCUT2D eigenvalue weighted by Crippen LogP contribution is 2.06. The van der Waals surface area contributed by atoms with Crippen LogP contribution in [0.3, 0.4) is 0 Å². The molecule has 0 bridgehead atoms. The zero-order valence-corrected chi connectivity index (χ0v) is 9.16. The van der Waals surface area contributed by atoms with Crippen LogP contribution in [0.1, 0.15) is 6.42 Å². The molecule has 1 aliphatic rings. The zero-order valence-electron chi connectivity index (χ0n) is 9.16. The van der Waals surface area contributed by atoms with Gasteiger partial charge in [0.25, 0.3) is 0 Å². The highest BCUT2D eigenvalue weighted by atomic mass is 15.2. The molecule has 1 saturated heterocycles. The van der Waals surface area contributed by atoms with Gasteiger partial charge in [0.05, 0.1) is 12.5 Å². The molecular weight excluding hydrogens is 176 g/mol. The third-order valence-electron chi connectivity index (χ3n) is 2.63. The van der Waals surface area contributed by atoms with E-state index in [0.717, 1.165) is 32.7 Å². The summed E-state index contributed by atoms with van der Waals surface area (Å²) in [7, 11) is 4.17. The van der Waals surface area contributed by atoms with E-state index in [1.807, 2.05) is 0 Å². The molecular formula is C10H20N4. The summed E-state index contributed by atoms with van der Waals surface area (Å²) in [6.07, 6.45) is 0.639. The number of likely N-dealkylation sites (N-methyl/N-ethyl adjacent to an activating group) is 1. The number of rotatable bonds is 4. The van der Waals surface area contributed by atoms with Gasteiger partial charge in [0.1, 0.15) is 0 Å². The average Bonchev–Trinajstić information content (AvgIpc) is 2.17. The summed E-state index contributed by atoms with van der Waals surface area (Å²) < 4.78 is 0. The van der Waals surface area contributed by atoms with Crippen molar-refractivity contribution in [2.45, 2.75) is 12.5 Å². The monoisotopic (exact) mass is 196 g/mol. The molecule has 1 atom stereocenters. The molecule has 4 nitrogen and oxygen atoms in total. The van der Waals surface area contributed by atoms with Crippen molar-refractivity contribution in [2.24, 2.45) is 0 Å². The van der Waals surface area contributed by atoms with Gasteiger partial charge in [-0.25, -0.2) is 0 Å². The van der Waals surface area contributed by atoms with Crippen molar-refractivity contribution in [3.05, 3.63) is 0 Å². The Morgan fingerprint density at radius 2 is 2.36 bits per heavy atom. The molecule has 1 rings (SSSR count). The van der Waals surface area contributed by atoms with Crippen LogP contribution >= 0.6 is 0 Å². The average molecular weight is 196 g/mol. The van der Waals surface area contributed by atoms with Crippen molar-refractivity contribution in [2.75, 3.05) is 46.8 Å². The van der Waals surface area contributed by atoms with E-state index in [2.05, 4.69) is 35.3 Å². The molecule has 0 aromatic heterocycles. The van der Waals surface area contributed by atoms with Crippen molar-refractivity contribution >= 4 is 0 Å². The van der Waals surface area contributed by atoms with Crippen molar-refractivity contribution in [3.63, 3.8) is 0 Å². The van der Waals surface area contributed by atoms with Gasteiger partial charge >= 0.3 is 0 Å². The molecule has 1 unspecified atom stereocenters. The van der Waals surface area contributed by atoms with Crippen molar-refractivity contribution in [1.82, 2.24) is 15.1 Å². The summed E-state index contributed by atoms with van der Waals surface area (Å²) >= 11 is 0. The molecule has 1 heterocycles. The van der Waals surface area contributed by atoms with Gasteiger partial charge in [-0.1, -0.05) is 0 Å². The first-order chi connectivity index (χ1) is 6.74. The van der Waals surface area contributed by atoms with Gasteiger partial charge in [-0.2, -0.15) is 5.26 Å². The normalized spacial score (nSPS) is 23.7. The fraction of sp³-hybridized carbons (Fsp3) is 0.900. The lowest BCUT2D eigenvalue weighted by molar-refractivity contribution is 0.150. The minimum absolute atomic E-state index is 0.411. The second-order valence-corrected chi connectivity index (χ2v) is 4.06. The van der Waals surface area contributed by atoms with Crippen LogP contribution in [-0.2, 0) is 0 Å². The minimum atomic E-state index is 0.411. The lowest BCUT2D eigenvalue weighted by Gasteiger charge is -2.35. The first kappa shape index (κ1) is 11.4. The van der Waals surface area contributed by atoms with Crippen LogP contribution in [0.25, 0.3) is 0 Å². The highest BCUT2D eigenvalue weighted by Gasteiger charge is 2.21. The molecule has 0 radical (unpaired) electrons. The van der Waals surface area contributed by atoms with E-state index in [4.69, 9.17) is 5.26 Å². The maximum atomic E-state index is 8.70. The smallest absolute Gasteiger partial charge is 0.0638 e. The SMILES string of the molecule is CN(C)CCN1CCNCC1CC#N. The molecule has 1 aliphatic heterocycles. The Morgan fingerprint density at radius 1 is 1.57 bits per heavy atom. The van der Waals surface area contributed by atoms with Gasteiger partial charge in [-0.3, -0.25) is 4.90 Å². The topological polar surface area (TPSA) is 42.3 Å². The van der Waals surface area contributed by atoms with E-state index in [0.29, 0.717) is 12.5 Å². The summed E-state index contributed by atoms with van der Waals surface area (Å²) in [6.45, 7) is 5.22. The number of nitrogens with one attached hydrogen (secondary N) is 1. The molecule has 1 N–H and O–H groups in total. The summed E-state index contributed by atoms with van der Waals surface area (Å²) in [4.78, 5) is 4.60. The lowest BCUT2D eigenvalue weighted by Crippen LogP contribution is -2.52. The van der Waals surface area contributed by atoms with E-state index < -0.39 is 0 Å². The van der Waals surface area contributed by atoms with Crippen molar-refractivity contribution in [1.29, 1.82) is 5.26 Å². The highest BCUT2D eigenvalue weighted by molar-refractivity contribution is 4.87. The molecule has 0 amide bonds. The van der Waals surface area contributed by atoms with Crippen molar-refractivity contribution < 1.29 is 0 Å². The maximum absolute atomic E-state index is 8.70. The van der Waals surface area contributed by atoms with Crippen LogP contribution < -0.4 is 5.32 Å². The van der Waals surface area contributed by atoms with Gasteiger partial charge in [0.2, 0.25) is 0 Å². The molecule has 4 heteroatoms. The van der Waals surface area contributed by atoms with Crippen LogP contribution in [-0.4, -0.2) is 62.7 Å². The van der Waals surface area contributed by atoms with Gasteiger partial charge < -0.3 is 10.2 Å². The van der Waals surface area contributed by atoms with Crippen LogP contribution in [0.15, 0.2) is 0 Å². The molecule has 14 heavy (non-hydrogen) atoms. The number of hydrogen-bond acceptors (Lipinski definition) is 4. The Labute approximate surface area is 86.5 Å². The van der Waals surface area contributed by atoms with E-state index >= 15 is 0 Å². The van der Waals surface area contributed by atoms with E-state index in [9.17, 15) is 0 Å². The quantitative estimate of drug-likeness (QED) is 0.672. The van der Waals surface area contributed by atoms with Gasteiger partial charge in [0.15, 0.2) is 0 Å². The Hall–Kier alpha value is -0.630. The Bertz CT molecular complexity index is 197. The molecule has 0 aromatic carbocycles. The second kappa shape index (κ2) is 5.97. The first-order valence-corrected chi connectivity index (χ1v) is 5.20. The summed E-state index contributed by atoms with van der Waals surface area (Å²) in [5, 5.41) is 12.0. The Morgan fingerprint density at radius 3 is 3.00 bits per heavy atom. The second-order valence-electron chi connectivity index (χ2n) is 4.06. The molecule has 0 spiro atoms. The number of nitriles is 1. The van der Waals surface area contributed by atoms with E-state index in [1.165, 1.54) is 0 Å². The van der Waals surface area contributed by atoms with Gasteiger partial charge in [-0.05, 0) is 14.1 Å². The minimum Gasteiger partial charge on any atom is -0.314 e. The summed E-state index contributed by atoms with van der Waals surface area (Å²) in [5.74, 6) is 0. The predicted molar refractivity (Wildman–Crippen MR) is 57.0 cm³/mol. The van der Waals surface area contributed by atoms with Crippen LogP contribution in [0.5, 0.6) is 0 Å². The molecule has 0 aromatic rings. The number of nitrogens with zero attached hydrogens (tertiary/aromatic N) is 3. The lowest BCUT2D eigenvalue weighted by atomic mass is 10.1. The molecule has 0 aliphatic carbocycles. The van der Waals surface area contributed by atoms with Crippen molar-refractivity contribution in [3.8, 4) is 6.07 Å². The number of hydrogen-bond donors (Lipinski definition) is 1. The van der Waals surface area contributed by atoms with Crippen LogP contribution in [0.2, 0.25) is 0 Å². The zero-order chi connectivity index (χ0) is 10.4. The van der Waals surface area contributed by atoms with Crippen LogP contribution in [0.4, 0.5) is 0 Å². The van der Waals surface area contributed by atoms with Gasteiger partial charge in [0, 0.05) is 38.8 Å². The summed E-state index contributed by atoms with van der Waals surface area (Å²) in [6, 6.07) is 2.67. The third kappa shape index (κ3) is 3.62. The molecule has 0 saturated carbocycles. The third-order valence-corrected chi connectivity index (χ3v) is 2.63. The van der Waals surface area contributed by atoms with Crippen LogP contribution in [0, 0.1) is 11.3 Å². The summed E-state index contributed by atoms with van der Waals surface area (Å²) in [5.41, 5.74) is 0. The predicted octanol–water partition coefficient (Wildman–Crippen LogP) is -0.265. The fourth-order valence-electron chi connectivity index (χ4n) is 1.73. The first-order valence-electron chi connectivity index (χ1n) is 5.20. The van der Waals surface area contributed by atoms with E-state index in [-0.39, 0.29) is 0 Å². The Kier molecular flexibility index (Phi) is 4.88. The molecule has 1 fully saturated rings. The largest absolute Gasteiger partial charge is 0.314 e. The number of piperazine rings is 1. The molecule has 80 valence electrons. The fourth-order valence-corrected chi connectivity index (χ4v) is 1.73.